The van der Waals surface area contributed by atoms with Crippen molar-refractivity contribution in [3.8, 4) is 17.2 Å². The molecule has 0 saturated heterocycles. The number of benzene rings is 1. The zero-order valence-corrected chi connectivity index (χ0v) is 13.9. The number of rotatable bonds is 7. The second-order valence-electron chi connectivity index (χ2n) is 4.55. The smallest absolute Gasteiger partial charge is 0.242 e. The van der Waals surface area contributed by atoms with E-state index in [2.05, 4.69) is 9.71 Å². The maximum atomic E-state index is 12.2. The number of nitrogens with zero attached hydrogens (tertiary/aromatic N) is 1. The highest BCUT2D eigenvalue weighted by molar-refractivity contribution is 7.89. The monoisotopic (exact) mass is 338 g/mol. The largest absolute Gasteiger partial charge is 0.493 e. The Bertz CT molecular complexity index is 738. The first-order chi connectivity index (χ1) is 11.0. The van der Waals surface area contributed by atoms with E-state index >= 15 is 0 Å². The van der Waals surface area contributed by atoms with Crippen LogP contribution < -0.4 is 18.9 Å². The summed E-state index contributed by atoms with van der Waals surface area (Å²) in [5.41, 5.74) is 0.673. The lowest BCUT2D eigenvalue weighted by atomic mass is 10.2. The first-order valence-corrected chi connectivity index (χ1v) is 8.18. The number of hydrogen-bond acceptors (Lipinski definition) is 6. The van der Waals surface area contributed by atoms with Crippen LogP contribution in [0, 0.1) is 0 Å². The second kappa shape index (κ2) is 7.30. The van der Waals surface area contributed by atoms with Crippen molar-refractivity contribution in [2.24, 2.45) is 0 Å². The first-order valence-electron chi connectivity index (χ1n) is 6.70. The van der Waals surface area contributed by atoms with Gasteiger partial charge in [0.05, 0.1) is 21.3 Å². The predicted molar refractivity (Wildman–Crippen MR) is 84.4 cm³/mol. The standard InChI is InChI=1S/C15H18N2O5S/c1-20-13-7-11(8-14(21-2)15(13)22-3)9-17-23(18,19)12-5-4-6-16-10-12/h4-8,10,17H,9H2,1-3H3. The molecule has 2 aromatic rings. The maximum Gasteiger partial charge on any atom is 0.242 e. The van der Waals surface area contributed by atoms with Gasteiger partial charge in [-0.2, -0.15) is 0 Å². The molecule has 23 heavy (non-hydrogen) atoms. The molecule has 0 aliphatic heterocycles. The Balaban J connectivity index is 2.24. The molecule has 1 N–H and O–H groups in total. The average molecular weight is 338 g/mol. The van der Waals surface area contributed by atoms with Crippen molar-refractivity contribution < 1.29 is 22.6 Å². The lowest BCUT2D eigenvalue weighted by molar-refractivity contribution is 0.323. The van der Waals surface area contributed by atoms with Gasteiger partial charge in [0.15, 0.2) is 11.5 Å². The summed E-state index contributed by atoms with van der Waals surface area (Å²) < 4.78 is 42.6. The summed E-state index contributed by atoms with van der Waals surface area (Å²) >= 11 is 0. The van der Waals surface area contributed by atoms with Gasteiger partial charge in [-0.15, -0.1) is 0 Å². The van der Waals surface area contributed by atoms with Crippen LogP contribution >= 0.6 is 0 Å². The Morgan fingerprint density at radius 1 is 1.09 bits per heavy atom. The van der Waals surface area contributed by atoms with Crippen molar-refractivity contribution in [2.45, 2.75) is 11.4 Å². The molecule has 0 radical (unpaired) electrons. The Morgan fingerprint density at radius 3 is 2.22 bits per heavy atom. The molecule has 0 saturated carbocycles. The van der Waals surface area contributed by atoms with E-state index < -0.39 is 10.0 Å². The van der Waals surface area contributed by atoms with E-state index in [0.29, 0.717) is 22.8 Å². The van der Waals surface area contributed by atoms with Gasteiger partial charge < -0.3 is 14.2 Å². The minimum atomic E-state index is -3.64. The molecule has 0 aliphatic carbocycles. The number of hydrogen-bond donors (Lipinski definition) is 1. The van der Waals surface area contributed by atoms with Crippen LogP contribution in [-0.4, -0.2) is 34.7 Å². The quantitative estimate of drug-likeness (QED) is 0.825. The molecule has 1 heterocycles. The minimum absolute atomic E-state index is 0.0773. The Hall–Kier alpha value is -2.32. The van der Waals surface area contributed by atoms with Crippen LogP contribution in [0.1, 0.15) is 5.56 Å². The molecule has 0 fully saturated rings. The summed E-state index contributed by atoms with van der Waals surface area (Å²) in [5.74, 6) is 1.37. The summed E-state index contributed by atoms with van der Waals surface area (Å²) in [6.45, 7) is 0.0773. The van der Waals surface area contributed by atoms with Crippen molar-refractivity contribution in [3.05, 3.63) is 42.2 Å². The SMILES string of the molecule is COc1cc(CNS(=O)(=O)c2cccnc2)cc(OC)c1OC. The highest BCUT2D eigenvalue weighted by Gasteiger charge is 2.16. The molecule has 0 unspecified atom stereocenters. The van der Waals surface area contributed by atoms with Crippen LogP contribution in [0.2, 0.25) is 0 Å². The molecule has 124 valence electrons. The van der Waals surface area contributed by atoms with Crippen molar-refractivity contribution in [3.63, 3.8) is 0 Å². The van der Waals surface area contributed by atoms with Crippen LogP contribution in [0.5, 0.6) is 17.2 Å². The fourth-order valence-corrected chi connectivity index (χ4v) is 2.99. The van der Waals surface area contributed by atoms with Crippen LogP contribution in [-0.2, 0) is 16.6 Å². The van der Waals surface area contributed by atoms with Crippen molar-refractivity contribution in [2.75, 3.05) is 21.3 Å². The van der Waals surface area contributed by atoms with Gasteiger partial charge in [0, 0.05) is 18.9 Å². The Morgan fingerprint density at radius 2 is 1.74 bits per heavy atom. The average Bonchev–Trinajstić information content (AvgIpc) is 2.59. The summed E-state index contributed by atoms with van der Waals surface area (Å²) in [5, 5.41) is 0. The Kier molecular flexibility index (Phi) is 5.41. The molecule has 7 nitrogen and oxygen atoms in total. The number of aromatic nitrogens is 1. The van der Waals surface area contributed by atoms with Gasteiger partial charge in [-0.1, -0.05) is 0 Å². The van der Waals surface area contributed by atoms with Gasteiger partial charge in [-0.3, -0.25) is 4.98 Å². The normalized spacial score (nSPS) is 11.1. The molecule has 0 atom stereocenters. The fourth-order valence-electron chi connectivity index (χ4n) is 2.01. The number of sulfonamides is 1. The molecule has 1 aromatic heterocycles. The zero-order chi connectivity index (χ0) is 16.9. The second-order valence-corrected chi connectivity index (χ2v) is 6.31. The summed E-state index contributed by atoms with van der Waals surface area (Å²) in [4.78, 5) is 3.91. The summed E-state index contributed by atoms with van der Waals surface area (Å²) in [6, 6.07) is 6.42. The third-order valence-electron chi connectivity index (χ3n) is 3.14. The molecule has 0 aliphatic rings. The van der Waals surface area contributed by atoms with E-state index in [1.807, 2.05) is 0 Å². The van der Waals surface area contributed by atoms with E-state index in [1.165, 1.54) is 39.8 Å². The van der Waals surface area contributed by atoms with E-state index in [-0.39, 0.29) is 11.4 Å². The van der Waals surface area contributed by atoms with Gasteiger partial charge in [-0.25, -0.2) is 13.1 Å². The van der Waals surface area contributed by atoms with E-state index in [9.17, 15) is 8.42 Å². The molecular weight excluding hydrogens is 320 g/mol. The molecule has 8 heteroatoms. The van der Waals surface area contributed by atoms with Gasteiger partial charge in [0.25, 0.3) is 0 Å². The van der Waals surface area contributed by atoms with Crippen molar-refractivity contribution in [1.29, 1.82) is 0 Å². The molecule has 1 aromatic carbocycles. The number of ether oxygens (including phenoxy) is 3. The third-order valence-corrected chi connectivity index (χ3v) is 4.52. The van der Waals surface area contributed by atoms with E-state index in [4.69, 9.17) is 14.2 Å². The Labute approximate surface area is 135 Å². The van der Waals surface area contributed by atoms with Crippen molar-refractivity contribution >= 4 is 10.0 Å². The molecule has 0 spiro atoms. The van der Waals surface area contributed by atoms with Crippen LogP contribution in [0.15, 0.2) is 41.6 Å². The predicted octanol–water partition coefficient (Wildman–Crippen LogP) is 1.59. The van der Waals surface area contributed by atoms with Gasteiger partial charge in [0.2, 0.25) is 15.8 Å². The lowest BCUT2D eigenvalue weighted by Gasteiger charge is -2.14. The lowest BCUT2D eigenvalue weighted by Crippen LogP contribution is -2.23. The topological polar surface area (TPSA) is 86.8 Å². The van der Waals surface area contributed by atoms with E-state index in [1.54, 1.807) is 18.2 Å². The van der Waals surface area contributed by atoms with E-state index in [0.717, 1.165) is 0 Å². The van der Waals surface area contributed by atoms with Crippen molar-refractivity contribution in [1.82, 2.24) is 9.71 Å². The first kappa shape index (κ1) is 17.0. The fraction of sp³-hybridized carbons (Fsp3) is 0.267. The highest BCUT2D eigenvalue weighted by Crippen LogP contribution is 2.38. The molecular formula is C15H18N2O5S. The van der Waals surface area contributed by atoms with Crippen LogP contribution in [0.4, 0.5) is 0 Å². The number of nitrogens with one attached hydrogen (secondary N) is 1. The molecule has 2 rings (SSSR count). The van der Waals surface area contributed by atoms with Gasteiger partial charge in [0.1, 0.15) is 4.90 Å². The van der Waals surface area contributed by atoms with Crippen LogP contribution in [0.3, 0.4) is 0 Å². The van der Waals surface area contributed by atoms with Crippen LogP contribution in [0.25, 0.3) is 0 Å². The maximum absolute atomic E-state index is 12.2. The van der Waals surface area contributed by atoms with Gasteiger partial charge >= 0.3 is 0 Å². The summed E-state index contributed by atoms with van der Waals surface area (Å²) in [7, 11) is 0.868. The summed E-state index contributed by atoms with van der Waals surface area (Å²) in [6.07, 6.45) is 2.80. The zero-order valence-electron chi connectivity index (χ0n) is 13.1. The molecule has 0 bridgehead atoms. The van der Waals surface area contributed by atoms with Gasteiger partial charge in [-0.05, 0) is 29.8 Å². The highest BCUT2D eigenvalue weighted by atomic mass is 32.2. The molecule has 0 amide bonds. The number of methoxy groups -OCH3 is 3. The third kappa shape index (κ3) is 3.91. The minimum Gasteiger partial charge on any atom is -0.493 e. The number of pyridine rings is 1.